The number of imidazole rings is 1. The summed E-state index contributed by atoms with van der Waals surface area (Å²) in [6, 6.07) is 8.11. The van der Waals surface area contributed by atoms with Crippen molar-refractivity contribution in [3.63, 3.8) is 0 Å². The molecule has 4 rings (SSSR count). The van der Waals surface area contributed by atoms with Gasteiger partial charge in [-0.25, -0.2) is 9.97 Å². The lowest BCUT2D eigenvalue weighted by atomic mass is 9.91. The zero-order valence-corrected chi connectivity index (χ0v) is 15.7. The zero-order chi connectivity index (χ0) is 18.8. The van der Waals surface area contributed by atoms with E-state index in [0.29, 0.717) is 11.5 Å². The van der Waals surface area contributed by atoms with Gasteiger partial charge < -0.3 is 20.5 Å². The van der Waals surface area contributed by atoms with Crippen molar-refractivity contribution in [2.75, 3.05) is 19.5 Å². The van der Waals surface area contributed by atoms with Crippen LogP contribution in [0.1, 0.15) is 25.7 Å². The molecule has 0 amide bonds. The maximum atomic E-state index is 6.32. The molecule has 2 heterocycles. The molecule has 142 valence electrons. The van der Waals surface area contributed by atoms with Gasteiger partial charge in [0.15, 0.2) is 11.5 Å². The summed E-state index contributed by atoms with van der Waals surface area (Å²) < 4.78 is 12.7. The van der Waals surface area contributed by atoms with Crippen molar-refractivity contribution >= 4 is 11.6 Å². The second kappa shape index (κ2) is 7.44. The monoisotopic (exact) mass is 367 g/mol. The van der Waals surface area contributed by atoms with Crippen LogP contribution in [-0.2, 0) is 0 Å². The number of rotatable bonds is 5. The molecule has 1 aromatic carbocycles. The second-order valence-electron chi connectivity index (χ2n) is 6.89. The smallest absolute Gasteiger partial charge is 0.209 e. The number of nitrogens with one attached hydrogen (secondary N) is 1. The van der Waals surface area contributed by atoms with Gasteiger partial charge in [-0.15, -0.1) is 0 Å². The van der Waals surface area contributed by atoms with Gasteiger partial charge in [-0.2, -0.15) is 0 Å². The minimum atomic E-state index is 0.142. The van der Waals surface area contributed by atoms with Gasteiger partial charge in [-0.3, -0.25) is 4.40 Å². The standard InChI is InChI=1S/C20H25N5O2/c1-26-17-8-7-13(11-18(17)27-2)16-12-19-22-9-10-25(19)20(24-16)23-15-6-4-3-5-14(15)21/h7-12,14-15H,3-6,21H2,1-2H3,(H,23,24). The summed E-state index contributed by atoms with van der Waals surface area (Å²) in [4.78, 5) is 9.31. The molecule has 0 saturated heterocycles. The Kier molecular flexibility index (Phi) is 4.85. The first-order valence-electron chi connectivity index (χ1n) is 9.28. The van der Waals surface area contributed by atoms with E-state index < -0.39 is 0 Å². The summed E-state index contributed by atoms with van der Waals surface area (Å²) in [5.74, 6) is 2.12. The van der Waals surface area contributed by atoms with Gasteiger partial charge in [0.05, 0.1) is 19.9 Å². The van der Waals surface area contributed by atoms with E-state index >= 15 is 0 Å². The normalized spacial score (nSPS) is 19.8. The van der Waals surface area contributed by atoms with Crippen molar-refractivity contribution in [3.05, 3.63) is 36.7 Å². The largest absolute Gasteiger partial charge is 0.493 e. The third-order valence-corrected chi connectivity index (χ3v) is 5.20. The molecule has 7 heteroatoms. The van der Waals surface area contributed by atoms with Crippen LogP contribution in [-0.4, -0.2) is 40.7 Å². The zero-order valence-electron chi connectivity index (χ0n) is 15.7. The molecule has 2 aromatic heterocycles. The van der Waals surface area contributed by atoms with Gasteiger partial charge in [-0.1, -0.05) is 12.8 Å². The first-order chi connectivity index (χ1) is 13.2. The summed E-state index contributed by atoms with van der Waals surface area (Å²) in [5, 5.41) is 3.55. The number of methoxy groups -OCH3 is 2. The van der Waals surface area contributed by atoms with E-state index in [9.17, 15) is 0 Å². The van der Waals surface area contributed by atoms with Crippen molar-refractivity contribution in [2.24, 2.45) is 5.73 Å². The average molecular weight is 367 g/mol. The van der Waals surface area contributed by atoms with Crippen LogP contribution in [0.2, 0.25) is 0 Å². The fraction of sp³-hybridized carbons (Fsp3) is 0.400. The average Bonchev–Trinajstić information content (AvgIpc) is 3.18. The molecule has 27 heavy (non-hydrogen) atoms. The predicted molar refractivity (Wildman–Crippen MR) is 105 cm³/mol. The Bertz CT molecular complexity index is 939. The van der Waals surface area contributed by atoms with E-state index in [-0.39, 0.29) is 12.1 Å². The van der Waals surface area contributed by atoms with Gasteiger partial charge in [0.2, 0.25) is 5.95 Å². The van der Waals surface area contributed by atoms with Crippen LogP contribution < -0.4 is 20.5 Å². The molecule has 3 N–H and O–H groups in total. The molecule has 0 radical (unpaired) electrons. The van der Waals surface area contributed by atoms with Crippen LogP contribution in [0.3, 0.4) is 0 Å². The number of hydrogen-bond donors (Lipinski definition) is 2. The number of nitrogens with two attached hydrogens (primary N) is 1. The fourth-order valence-corrected chi connectivity index (χ4v) is 3.67. The Balaban J connectivity index is 1.74. The van der Waals surface area contributed by atoms with E-state index in [2.05, 4.69) is 10.3 Å². The molecule has 1 fully saturated rings. The lowest BCUT2D eigenvalue weighted by Gasteiger charge is -2.30. The number of benzene rings is 1. The van der Waals surface area contributed by atoms with Gasteiger partial charge in [0, 0.05) is 36.1 Å². The van der Waals surface area contributed by atoms with Crippen LogP contribution >= 0.6 is 0 Å². The number of aromatic nitrogens is 3. The minimum Gasteiger partial charge on any atom is -0.493 e. The Morgan fingerprint density at radius 1 is 1.11 bits per heavy atom. The summed E-state index contributed by atoms with van der Waals surface area (Å²) in [7, 11) is 3.26. The molecule has 1 saturated carbocycles. The molecular formula is C20H25N5O2. The number of ether oxygens (including phenoxy) is 2. The molecule has 3 aromatic rings. The number of fused-ring (bicyclic) bond motifs is 1. The quantitative estimate of drug-likeness (QED) is 0.721. The first-order valence-corrected chi connectivity index (χ1v) is 9.28. The third-order valence-electron chi connectivity index (χ3n) is 5.20. The second-order valence-corrected chi connectivity index (χ2v) is 6.89. The minimum absolute atomic E-state index is 0.142. The van der Waals surface area contributed by atoms with Crippen molar-refractivity contribution in [3.8, 4) is 22.8 Å². The fourth-order valence-electron chi connectivity index (χ4n) is 3.67. The van der Waals surface area contributed by atoms with Crippen molar-refractivity contribution < 1.29 is 9.47 Å². The summed E-state index contributed by atoms with van der Waals surface area (Å²) in [6.07, 6.45) is 8.17. The lowest BCUT2D eigenvalue weighted by Crippen LogP contribution is -2.43. The Hall–Kier alpha value is -2.80. The van der Waals surface area contributed by atoms with Gasteiger partial charge in [0.1, 0.15) is 5.65 Å². The molecule has 0 bridgehead atoms. The number of hydrogen-bond acceptors (Lipinski definition) is 6. The van der Waals surface area contributed by atoms with E-state index in [1.54, 1.807) is 20.4 Å². The highest BCUT2D eigenvalue weighted by Crippen LogP contribution is 2.32. The van der Waals surface area contributed by atoms with Gasteiger partial charge >= 0.3 is 0 Å². The Morgan fingerprint density at radius 3 is 2.70 bits per heavy atom. The van der Waals surface area contributed by atoms with E-state index in [0.717, 1.165) is 35.7 Å². The predicted octanol–water partition coefficient (Wildman–Crippen LogP) is 3.10. The molecule has 1 aliphatic rings. The maximum Gasteiger partial charge on any atom is 0.209 e. The van der Waals surface area contributed by atoms with Crippen molar-refractivity contribution in [1.29, 1.82) is 0 Å². The van der Waals surface area contributed by atoms with E-state index in [4.69, 9.17) is 20.2 Å². The Morgan fingerprint density at radius 2 is 1.93 bits per heavy atom. The van der Waals surface area contributed by atoms with Crippen molar-refractivity contribution in [2.45, 2.75) is 37.8 Å². The van der Waals surface area contributed by atoms with Crippen LogP contribution in [0.25, 0.3) is 16.9 Å². The highest BCUT2D eigenvalue weighted by Gasteiger charge is 2.23. The van der Waals surface area contributed by atoms with E-state index in [1.807, 2.05) is 34.9 Å². The summed E-state index contributed by atoms with van der Waals surface area (Å²) in [5.41, 5.74) is 8.91. The van der Waals surface area contributed by atoms with Crippen LogP contribution in [0, 0.1) is 0 Å². The summed E-state index contributed by atoms with van der Waals surface area (Å²) >= 11 is 0. The van der Waals surface area contributed by atoms with Gasteiger partial charge in [0.25, 0.3) is 0 Å². The molecule has 7 nitrogen and oxygen atoms in total. The Labute approximate surface area is 158 Å². The topological polar surface area (TPSA) is 86.7 Å². The molecular weight excluding hydrogens is 342 g/mol. The molecule has 0 spiro atoms. The van der Waals surface area contributed by atoms with E-state index in [1.165, 1.54) is 12.8 Å². The highest BCUT2D eigenvalue weighted by atomic mass is 16.5. The highest BCUT2D eigenvalue weighted by molar-refractivity contribution is 5.69. The maximum absolute atomic E-state index is 6.32. The van der Waals surface area contributed by atoms with Gasteiger partial charge in [-0.05, 0) is 31.0 Å². The number of nitrogens with zero attached hydrogens (tertiary/aromatic N) is 3. The lowest BCUT2D eigenvalue weighted by molar-refractivity contribution is 0.355. The molecule has 0 aliphatic heterocycles. The third kappa shape index (κ3) is 3.42. The molecule has 1 aliphatic carbocycles. The number of anilines is 1. The van der Waals surface area contributed by atoms with Crippen molar-refractivity contribution in [1.82, 2.24) is 14.4 Å². The van der Waals surface area contributed by atoms with Crippen LogP contribution in [0.15, 0.2) is 36.7 Å². The summed E-state index contributed by atoms with van der Waals surface area (Å²) in [6.45, 7) is 0. The van der Waals surface area contributed by atoms with Crippen LogP contribution in [0.5, 0.6) is 11.5 Å². The first kappa shape index (κ1) is 17.6. The SMILES string of the molecule is COc1ccc(-c2cc3nccn3c(NC3CCCCC3N)n2)cc1OC. The van der Waals surface area contributed by atoms with Crippen LogP contribution in [0.4, 0.5) is 5.95 Å². The molecule has 2 unspecified atom stereocenters. The molecule has 2 atom stereocenters.